The van der Waals surface area contributed by atoms with Gasteiger partial charge in [-0.1, -0.05) is 56.3 Å². The predicted molar refractivity (Wildman–Crippen MR) is 180 cm³/mol. The Hall–Kier alpha value is -4.78. The molecule has 5 amide bonds. The van der Waals surface area contributed by atoms with Crippen LogP contribution >= 0.6 is 11.3 Å². The molecular formula is C35H42N6O6S. The van der Waals surface area contributed by atoms with Gasteiger partial charge in [-0.2, -0.15) is 0 Å². The molecular weight excluding hydrogens is 632 g/mol. The summed E-state index contributed by atoms with van der Waals surface area (Å²) < 4.78 is 6.10. The zero-order valence-corrected chi connectivity index (χ0v) is 28.1. The number of thiazole rings is 1. The maximum atomic E-state index is 13.8. The van der Waals surface area contributed by atoms with Crippen molar-refractivity contribution in [2.75, 3.05) is 6.61 Å². The van der Waals surface area contributed by atoms with E-state index in [4.69, 9.17) is 4.74 Å². The van der Waals surface area contributed by atoms with Gasteiger partial charge < -0.3 is 31.3 Å². The Balaban J connectivity index is 1.42. The van der Waals surface area contributed by atoms with Gasteiger partial charge in [0.25, 0.3) is 5.91 Å². The molecule has 6 rings (SSSR count). The summed E-state index contributed by atoms with van der Waals surface area (Å²) in [6.45, 7) is 5.82. The van der Waals surface area contributed by atoms with E-state index >= 15 is 0 Å². The molecule has 13 heteroatoms. The van der Waals surface area contributed by atoms with E-state index in [1.165, 1.54) is 23.8 Å². The lowest BCUT2D eigenvalue weighted by Crippen LogP contribution is -2.59. The van der Waals surface area contributed by atoms with Crippen molar-refractivity contribution in [3.63, 3.8) is 0 Å². The third kappa shape index (κ3) is 9.18. The van der Waals surface area contributed by atoms with Gasteiger partial charge in [0.1, 0.15) is 41.7 Å². The molecule has 48 heavy (non-hydrogen) atoms. The zero-order valence-electron chi connectivity index (χ0n) is 27.3. The van der Waals surface area contributed by atoms with Crippen molar-refractivity contribution in [1.29, 1.82) is 0 Å². The number of nitrogens with zero attached hydrogens (tertiary/aromatic N) is 1. The van der Waals surface area contributed by atoms with Crippen molar-refractivity contribution >= 4 is 40.9 Å². The van der Waals surface area contributed by atoms with Crippen LogP contribution in [-0.2, 0) is 32.0 Å². The SMILES string of the molecule is CC(C)C[C@H]1COc2ccc(cc2)C[C@H](NC(=O)c2cscn2)C(=O)N[C@H](C)C(=O)NC2(CC2)C(=O)N[C@H](Cc2ccccc2)C(=O)N1. The van der Waals surface area contributed by atoms with Crippen LogP contribution in [0.3, 0.4) is 0 Å². The van der Waals surface area contributed by atoms with Crippen molar-refractivity contribution in [1.82, 2.24) is 31.6 Å². The van der Waals surface area contributed by atoms with Gasteiger partial charge in [-0.3, -0.25) is 24.0 Å². The summed E-state index contributed by atoms with van der Waals surface area (Å²) in [6.07, 6.45) is 1.80. The monoisotopic (exact) mass is 674 g/mol. The van der Waals surface area contributed by atoms with E-state index in [9.17, 15) is 24.0 Å². The van der Waals surface area contributed by atoms with Crippen LogP contribution in [0.5, 0.6) is 5.75 Å². The van der Waals surface area contributed by atoms with Crippen LogP contribution in [0, 0.1) is 5.92 Å². The van der Waals surface area contributed by atoms with Gasteiger partial charge in [0.05, 0.1) is 11.6 Å². The number of aromatic nitrogens is 1. The number of hydrogen-bond acceptors (Lipinski definition) is 8. The van der Waals surface area contributed by atoms with Crippen molar-refractivity contribution in [3.05, 3.63) is 82.3 Å². The molecule has 2 bridgehead atoms. The largest absolute Gasteiger partial charge is 0.491 e. The first-order valence-electron chi connectivity index (χ1n) is 16.2. The molecule has 2 aromatic carbocycles. The van der Waals surface area contributed by atoms with Gasteiger partial charge in [0.2, 0.25) is 23.6 Å². The highest BCUT2D eigenvalue weighted by Gasteiger charge is 2.52. The molecule has 4 atom stereocenters. The molecule has 3 aromatic rings. The maximum absolute atomic E-state index is 13.8. The van der Waals surface area contributed by atoms with E-state index in [-0.39, 0.29) is 43.0 Å². The first-order chi connectivity index (χ1) is 23.0. The smallest absolute Gasteiger partial charge is 0.271 e. The molecule has 0 radical (unpaired) electrons. The fourth-order valence-corrected chi connectivity index (χ4v) is 6.10. The Morgan fingerprint density at radius 2 is 1.71 bits per heavy atom. The summed E-state index contributed by atoms with van der Waals surface area (Å²) in [5, 5.41) is 15.8. The number of amides is 5. The first-order valence-corrected chi connectivity index (χ1v) is 17.1. The Bertz CT molecular complexity index is 1590. The summed E-state index contributed by atoms with van der Waals surface area (Å²) in [4.78, 5) is 71.2. The molecule has 1 aromatic heterocycles. The highest BCUT2D eigenvalue weighted by Crippen LogP contribution is 2.36. The molecule has 5 N–H and O–H groups in total. The summed E-state index contributed by atoms with van der Waals surface area (Å²) in [7, 11) is 0. The minimum Gasteiger partial charge on any atom is -0.491 e. The zero-order chi connectivity index (χ0) is 34.3. The van der Waals surface area contributed by atoms with E-state index in [2.05, 4.69) is 45.4 Å². The average molecular weight is 675 g/mol. The van der Waals surface area contributed by atoms with Gasteiger partial charge in [0, 0.05) is 18.2 Å². The van der Waals surface area contributed by atoms with Gasteiger partial charge in [0.15, 0.2) is 0 Å². The molecule has 12 nitrogen and oxygen atoms in total. The Kier molecular flexibility index (Phi) is 11.1. The Morgan fingerprint density at radius 1 is 0.979 bits per heavy atom. The number of rotatable bonds is 6. The van der Waals surface area contributed by atoms with Crippen LogP contribution in [0.25, 0.3) is 0 Å². The quantitative estimate of drug-likeness (QED) is 0.250. The van der Waals surface area contributed by atoms with E-state index in [1.54, 1.807) is 29.6 Å². The van der Waals surface area contributed by atoms with Crippen molar-refractivity contribution in [2.24, 2.45) is 5.92 Å². The number of carbonyl (C=O) groups is 5. The van der Waals surface area contributed by atoms with E-state index in [0.29, 0.717) is 25.0 Å². The molecule has 1 spiro atoms. The first kappa shape index (κ1) is 34.6. The van der Waals surface area contributed by atoms with Crippen LogP contribution in [-0.4, -0.2) is 70.8 Å². The second kappa shape index (κ2) is 15.4. The van der Waals surface area contributed by atoms with E-state index in [1.807, 2.05) is 30.3 Å². The summed E-state index contributed by atoms with van der Waals surface area (Å²) >= 11 is 1.26. The number of fused-ring (bicyclic) bond motifs is 15. The molecule has 1 aliphatic carbocycles. The summed E-state index contributed by atoms with van der Waals surface area (Å²) in [6, 6.07) is 13.2. The molecule has 0 unspecified atom stereocenters. The maximum Gasteiger partial charge on any atom is 0.271 e. The third-order valence-corrected chi connectivity index (χ3v) is 8.99. The van der Waals surface area contributed by atoms with Crippen LogP contribution in [0.1, 0.15) is 61.6 Å². The average Bonchev–Trinajstić information content (AvgIpc) is 3.62. The standard InChI is InChI=1S/C35H42N6O6S/c1-21(2)15-25-18-47-26-11-9-24(10-12-26)17-27(39-33(45)29-19-48-20-36-29)31(43)37-22(3)30(42)41-35(13-14-35)34(46)40-28(32(44)38-25)16-23-7-5-4-6-8-23/h4-12,19-22,25,27-28H,13-18H2,1-3H3,(H,37,43)(H,38,44)(H,39,45)(H,40,46)(H,41,42)/t22-,25+,27+,28-/m1/s1. The summed E-state index contributed by atoms with van der Waals surface area (Å²) in [5.41, 5.74) is 2.12. The molecule has 1 saturated carbocycles. The number of hydrogen-bond donors (Lipinski definition) is 5. The normalized spacial score (nSPS) is 23.3. The van der Waals surface area contributed by atoms with Gasteiger partial charge >= 0.3 is 0 Å². The van der Waals surface area contributed by atoms with E-state index < -0.39 is 47.3 Å². The van der Waals surface area contributed by atoms with Crippen molar-refractivity contribution < 1.29 is 28.7 Å². The summed E-state index contributed by atoms with van der Waals surface area (Å²) in [5.74, 6) is -1.63. The highest BCUT2D eigenvalue weighted by atomic mass is 32.1. The number of benzene rings is 2. The van der Waals surface area contributed by atoms with Gasteiger partial charge in [-0.25, -0.2) is 4.98 Å². The fraction of sp³-hybridized carbons (Fsp3) is 0.429. The fourth-order valence-electron chi connectivity index (χ4n) is 5.57. The Labute approximate surface area is 283 Å². The van der Waals surface area contributed by atoms with E-state index in [0.717, 1.165) is 11.1 Å². The molecule has 2 aliphatic heterocycles. The second-order valence-corrected chi connectivity index (χ2v) is 13.6. The van der Waals surface area contributed by atoms with Crippen molar-refractivity contribution in [2.45, 2.75) is 82.6 Å². The van der Waals surface area contributed by atoms with Crippen molar-refractivity contribution in [3.8, 4) is 5.75 Å². The predicted octanol–water partition coefficient (Wildman–Crippen LogP) is 2.29. The minimum absolute atomic E-state index is 0.136. The minimum atomic E-state index is -1.20. The molecule has 0 saturated heterocycles. The lowest BCUT2D eigenvalue weighted by molar-refractivity contribution is -0.134. The lowest BCUT2D eigenvalue weighted by atomic mass is 10.0. The molecule has 1 fully saturated rings. The Morgan fingerprint density at radius 3 is 2.35 bits per heavy atom. The number of carbonyl (C=O) groups excluding carboxylic acids is 5. The van der Waals surface area contributed by atoms with Crippen LogP contribution in [0.2, 0.25) is 0 Å². The van der Waals surface area contributed by atoms with Crippen LogP contribution < -0.4 is 31.3 Å². The molecule has 3 heterocycles. The highest BCUT2D eigenvalue weighted by molar-refractivity contribution is 7.07. The topological polar surface area (TPSA) is 168 Å². The lowest BCUT2D eigenvalue weighted by Gasteiger charge is -2.27. The van der Waals surface area contributed by atoms with Gasteiger partial charge in [-0.15, -0.1) is 11.3 Å². The number of nitrogens with one attached hydrogen (secondary N) is 5. The number of ether oxygens (including phenoxy) is 1. The second-order valence-electron chi connectivity index (χ2n) is 12.9. The van der Waals surface area contributed by atoms with Crippen LogP contribution in [0.15, 0.2) is 65.5 Å². The third-order valence-electron chi connectivity index (χ3n) is 8.41. The molecule has 3 aliphatic rings. The van der Waals surface area contributed by atoms with Gasteiger partial charge in [-0.05, 0) is 55.4 Å². The molecule has 254 valence electrons. The van der Waals surface area contributed by atoms with Crippen LogP contribution in [0.4, 0.5) is 0 Å².